The molecule has 1 heterocycles. The number of benzene rings is 1. The molecular formula is C7H7N3O. The molecule has 56 valence electrons. The lowest BCUT2D eigenvalue weighted by Crippen LogP contribution is -2.08. The molecule has 0 spiro atoms. The molecule has 0 unspecified atom stereocenters. The van der Waals surface area contributed by atoms with Crippen LogP contribution < -0.4 is 4.84 Å². The van der Waals surface area contributed by atoms with Gasteiger partial charge in [-0.1, -0.05) is 12.1 Å². The lowest BCUT2D eigenvalue weighted by Gasteiger charge is -1.89. The molecule has 0 saturated heterocycles. The largest absolute Gasteiger partial charge is 0.385 e. The van der Waals surface area contributed by atoms with Crippen LogP contribution in [0.1, 0.15) is 0 Å². The zero-order valence-corrected chi connectivity index (χ0v) is 6.06. The number of aromatic nitrogens is 3. The highest BCUT2D eigenvalue weighted by Gasteiger charge is 1.98. The summed E-state index contributed by atoms with van der Waals surface area (Å²) in [6.45, 7) is 0. The van der Waals surface area contributed by atoms with Crippen LogP contribution >= 0.6 is 0 Å². The molecule has 2 aromatic rings. The third kappa shape index (κ3) is 0.920. The minimum absolute atomic E-state index is 0.842. The SMILES string of the molecule is COn1nc2ccccc2n1. The molecule has 0 bridgehead atoms. The summed E-state index contributed by atoms with van der Waals surface area (Å²) in [5.41, 5.74) is 1.68. The van der Waals surface area contributed by atoms with E-state index in [1.807, 2.05) is 24.3 Å². The molecule has 0 radical (unpaired) electrons. The van der Waals surface area contributed by atoms with Crippen LogP contribution in [0.3, 0.4) is 0 Å². The van der Waals surface area contributed by atoms with Crippen molar-refractivity contribution in [3.63, 3.8) is 0 Å². The van der Waals surface area contributed by atoms with Gasteiger partial charge in [0, 0.05) is 0 Å². The number of rotatable bonds is 1. The zero-order chi connectivity index (χ0) is 7.68. The van der Waals surface area contributed by atoms with E-state index in [2.05, 4.69) is 10.2 Å². The van der Waals surface area contributed by atoms with E-state index < -0.39 is 0 Å². The van der Waals surface area contributed by atoms with E-state index in [1.165, 1.54) is 12.1 Å². The standard InChI is InChI=1S/C7H7N3O/c1-11-10-8-6-4-2-3-5-7(6)9-10/h2-5H,1H3. The highest BCUT2D eigenvalue weighted by atomic mass is 16.7. The van der Waals surface area contributed by atoms with E-state index in [0.29, 0.717) is 0 Å². The summed E-state index contributed by atoms with van der Waals surface area (Å²) < 4.78 is 0. The normalized spacial score (nSPS) is 10.3. The molecular weight excluding hydrogens is 142 g/mol. The lowest BCUT2D eigenvalue weighted by atomic mass is 10.3. The van der Waals surface area contributed by atoms with E-state index >= 15 is 0 Å². The minimum atomic E-state index is 0.842. The lowest BCUT2D eigenvalue weighted by molar-refractivity contribution is 0.102. The van der Waals surface area contributed by atoms with E-state index in [9.17, 15) is 0 Å². The first kappa shape index (κ1) is 6.15. The van der Waals surface area contributed by atoms with Gasteiger partial charge in [0.05, 0.1) is 0 Å². The van der Waals surface area contributed by atoms with Crippen LogP contribution in [0.2, 0.25) is 0 Å². The molecule has 0 amide bonds. The molecule has 11 heavy (non-hydrogen) atoms. The third-order valence-corrected chi connectivity index (χ3v) is 1.43. The van der Waals surface area contributed by atoms with Gasteiger partial charge < -0.3 is 4.84 Å². The van der Waals surface area contributed by atoms with Gasteiger partial charge in [-0.05, 0) is 17.1 Å². The van der Waals surface area contributed by atoms with E-state index in [4.69, 9.17) is 4.84 Å². The Kier molecular flexibility index (Phi) is 1.25. The van der Waals surface area contributed by atoms with Crippen molar-refractivity contribution in [3.05, 3.63) is 24.3 Å². The minimum Gasteiger partial charge on any atom is -0.385 e. The number of nitrogens with zero attached hydrogens (tertiary/aromatic N) is 3. The van der Waals surface area contributed by atoms with Crippen molar-refractivity contribution in [3.8, 4) is 0 Å². The quantitative estimate of drug-likeness (QED) is 0.592. The van der Waals surface area contributed by atoms with Crippen molar-refractivity contribution in [1.82, 2.24) is 15.2 Å². The summed E-state index contributed by atoms with van der Waals surface area (Å²) in [6.07, 6.45) is 0. The van der Waals surface area contributed by atoms with E-state index in [1.54, 1.807) is 0 Å². The summed E-state index contributed by atoms with van der Waals surface area (Å²) in [6, 6.07) is 7.60. The molecule has 4 nitrogen and oxygen atoms in total. The first-order valence-electron chi connectivity index (χ1n) is 3.27. The Morgan fingerprint density at radius 3 is 2.18 bits per heavy atom. The maximum Gasteiger partial charge on any atom is 0.116 e. The average molecular weight is 149 g/mol. The highest BCUT2D eigenvalue weighted by Crippen LogP contribution is 2.05. The predicted octanol–water partition coefficient (Wildman–Crippen LogP) is 0.490. The molecule has 0 fully saturated rings. The smallest absolute Gasteiger partial charge is 0.116 e. The van der Waals surface area contributed by atoms with E-state index in [0.717, 1.165) is 11.0 Å². The first-order valence-corrected chi connectivity index (χ1v) is 3.27. The molecule has 0 atom stereocenters. The summed E-state index contributed by atoms with van der Waals surface area (Å²) in [5, 5.41) is 8.03. The number of hydrogen-bond donors (Lipinski definition) is 0. The van der Waals surface area contributed by atoms with Gasteiger partial charge in [0.25, 0.3) is 0 Å². The zero-order valence-electron chi connectivity index (χ0n) is 6.06. The molecule has 1 aromatic heterocycles. The second kappa shape index (κ2) is 2.23. The molecule has 0 aliphatic carbocycles. The van der Waals surface area contributed by atoms with Gasteiger partial charge in [-0.3, -0.25) is 0 Å². The second-order valence-corrected chi connectivity index (χ2v) is 2.12. The molecule has 0 aliphatic rings. The van der Waals surface area contributed by atoms with Crippen molar-refractivity contribution in [2.24, 2.45) is 0 Å². The molecule has 0 saturated carbocycles. The van der Waals surface area contributed by atoms with Crippen LogP contribution in [-0.2, 0) is 0 Å². The van der Waals surface area contributed by atoms with Gasteiger partial charge in [-0.15, -0.1) is 10.2 Å². The maximum atomic E-state index is 4.79. The van der Waals surface area contributed by atoms with Crippen LogP contribution in [0, 0.1) is 0 Å². The molecule has 1 aromatic carbocycles. The van der Waals surface area contributed by atoms with Gasteiger partial charge in [0.2, 0.25) is 0 Å². The third-order valence-electron chi connectivity index (χ3n) is 1.43. The molecule has 4 heteroatoms. The maximum absolute atomic E-state index is 4.79. The van der Waals surface area contributed by atoms with E-state index in [-0.39, 0.29) is 0 Å². The van der Waals surface area contributed by atoms with Crippen LogP contribution in [0.4, 0.5) is 0 Å². The van der Waals surface area contributed by atoms with Crippen molar-refractivity contribution >= 4 is 11.0 Å². The van der Waals surface area contributed by atoms with Gasteiger partial charge in [0.1, 0.15) is 18.1 Å². The Morgan fingerprint density at radius 1 is 1.18 bits per heavy atom. The Labute approximate surface area is 63.3 Å². The number of hydrogen-bond acceptors (Lipinski definition) is 3. The fourth-order valence-electron chi connectivity index (χ4n) is 0.922. The Balaban J connectivity index is 2.69. The van der Waals surface area contributed by atoms with Gasteiger partial charge in [-0.2, -0.15) is 0 Å². The van der Waals surface area contributed by atoms with Crippen LogP contribution in [0.15, 0.2) is 24.3 Å². The Morgan fingerprint density at radius 2 is 1.73 bits per heavy atom. The fraction of sp³-hybridized carbons (Fsp3) is 0.143. The Hall–Kier alpha value is -1.58. The predicted molar refractivity (Wildman–Crippen MR) is 40.0 cm³/mol. The molecule has 0 aliphatic heterocycles. The number of fused-ring (bicyclic) bond motifs is 1. The average Bonchev–Trinajstić information content (AvgIpc) is 2.46. The summed E-state index contributed by atoms with van der Waals surface area (Å²) in [5.74, 6) is 0. The van der Waals surface area contributed by atoms with Gasteiger partial charge in [-0.25, -0.2) is 0 Å². The summed E-state index contributed by atoms with van der Waals surface area (Å²) in [7, 11) is 1.53. The topological polar surface area (TPSA) is 39.9 Å². The van der Waals surface area contributed by atoms with Crippen LogP contribution in [0.5, 0.6) is 0 Å². The first-order chi connectivity index (χ1) is 5.40. The highest BCUT2D eigenvalue weighted by molar-refractivity contribution is 5.72. The van der Waals surface area contributed by atoms with Crippen molar-refractivity contribution in [1.29, 1.82) is 0 Å². The summed E-state index contributed by atoms with van der Waals surface area (Å²) >= 11 is 0. The van der Waals surface area contributed by atoms with Gasteiger partial charge >= 0.3 is 0 Å². The Bertz CT molecular complexity index is 335. The van der Waals surface area contributed by atoms with Crippen molar-refractivity contribution in [2.45, 2.75) is 0 Å². The van der Waals surface area contributed by atoms with Gasteiger partial charge in [0.15, 0.2) is 0 Å². The fourth-order valence-corrected chi connectivity index (χ4v) is 0.922. The molecule has 0 N–H and O–H groups in total. The summed E-state index contributed by atoms with van der Waals surface area (Å²) in [4.78, 5) is 5.99. The van der Waals surface area contributed by atoms with Crippen LogP contribution in [0.25, 0.3) is 11.0 Å². The van der Waals surface area contributed by atoms with Crippen LogP contribution in [-0.4, -0.2) is 22.3 Å². The van der Waals surface area contributed by atoms with Crippen molar-refractivity contribution in [2.75, 3.05) is 7.11 Å². The monoisotopic (exact) mass is 149 g/mol. The van der Waals surface area contributed by atoms with Crippen molar-refractivity contribution < 1.29 is 4.84 Å². The second-order valence-electron chi connectivity index (χ2n) is 2.12. The molecule has 2 rings (SSSR count).